The molecule has 7 heteroatoms. The molecular formula is C43H37N3O4. The van der Waals surface area contributed by atoms with E-state index in [0.29, 0.717) is 11.4 Å². The number of hydrogen-bond donors (Lipinski definition) is 2. The number of benzene rings is 6. The molecule has 1 fully saturated rings. The number of hydrogen-bond acceptors (Lipinski definition) is 6. The zero-order chi connectivity index (χ0) is 34.1. The van der Waals surface area contributed by atoms with Crippen LogP contribution >= 0.6 is 0 Å². The number of para-hydroxylation sites is 1. The number of ether oxygens (including phenoxy) is 2. The van der Waals surface area contributed by atoms with Gasteiger partial charge in [0.05, 0.1) is 12.7 Å². The van der Waals surface area contributed by atoms with Crippen molar-refractivity contribution in [1.82, 2.24) is 0 Å². The van der Waals surface area contributed by atoms with Crippen LogP contribution < -0.4 is 24.6 Å². The first-order chi connectivity index (χ1) is 24.5. The molecule has 7 nitrogen and oxygen atoms in total. The fourth-order valence-corrected chi connectivity index (χ4v) is 7.00. The van der Waals surface area contributed by atoms with Crippen molar-refractivity contribution in [2.24, 2.45) is 0 Å². The molecule has 2 N–H and O–H groups in total. The molecule has 8 rings (SSSR count). The van der Waals surface area contributed by atoms with Crippen LogP contribution in [0.3, 0.4) is 0 Å². The molecule has 248 valence electrons. The van der Waals surface area contributed by atoms with Crippen LogP contribution in [0.25, 0.3) is 16.8 Å². The fraction of sp³-hybridized carbons (Fsp3) is 0.140. The summed E-state index contributed by atoms with van der Waals surface area (Å²) < 4.78 is 12.4. The Morgan fingerprint density at radius 2 is 1.34 bits per heavy atom. The van der Waals surface area contributed by atoms with Gasteiger partial charge >= 0.3 is 0 Å². The average molecular weight is 660 g/mol. The Kier molecular flexibility index (Phi) is 8.09. The second-order valence-corrected chi connectivity index (χ2v) is 12.7. The van der Waals surface area contributed by atoms with Gasteiger partial charge in [0.2, 0.25) is 0 Å². The van der Waals surface area contributed by atoms with Crippen molar-refractivity contribution < 1.29 is 19.4 Å². The summed E-state index contributed by atoms with van der Waals surface area (Å²) in [5.74, 6) is 1.03. The summed E-state index contributed by atoms with van der Waals surface area (Å²) >= 11 is 0. The van der Waals surface area contributed by atoms with E-state index >= 15 is 0 Å². The Morgan fingerprint density at radius 1 is 0.740 bits per heavy atom. The number of piperazine rings is 1. The van der Waals surface area contributed by atoms with Gasteiger partial charge in [0.1, 0.15) is 17.2 Å². The van der Waals surface area contributed by atoms with Gasteiger partial charge in [-0.05, 0) is 72.1 Å². The maximum Gasteiger partial charge on any atom is 0.259 e. The second-order valence-electron chi connectivity index (χ2n) is 12.7. The third-order valence-corrected chi connectivity index (χ3v) is 9.74. The number of amides is 1. The number of phenolic OH excluding ortho intramolecular Hbond substituents is 1. The van der Waals surface area contributed by atoms with Gasteiger partial charge in [0.25, 0.3) is 5.91 Å². The van der Waals surface area contributed by atoms with Crippen molar-refractivity contribution in [3.63, 3.8) is 0 Å². The molecule has 6 aromatic carbocycles. The fourth-order valence-electron chi connectivity index (χ4n) is 7.00. The van der Waals surface area contributed by atoms with Crippen LogP contribution in [0, 0.1) is 0 Å². The molecule has 2 heterocycles. The number of methoxy groups -OCH3 is 1. The zero-order valence-corrected chi connectivity index (χ0v) is 27.8. The van der Waals surface area contributed by atoms with Crippen LogP contribution in [0.1, 0.15) is 27.0 Å². The smallest absolute Gasteiger partial charge is 0.259 e. The van der Waals surface area contributed by atoms with Crippen molar-refractivity contribution in [3.05, 3.63) is 162 Å². The lowest BCUT2D eigenvalue weighted by Crippen LogP contribution is -2.46. The largest absolute Gasteiger partial charge is 0.507 e. The van der Waals surface area contributed by atoms with E-state index in [1.807, 2.05) is 72.8 Å². The molecule has 0 aromatic heterocycles. The molecule has 1 unspecified atom stereocenters. The van der Waals surface area contributed by atoms with E-state index in [4.69, 9.17) is 9.47 Å². The van der Waals surface area contributed by atoms with E-state index in [1.54, 1.807) is 19.2 Å². The first-order valence-corrected chi connectivity index (χ1v) is 16.9. The number of nitrogens with one attached hydrogen (secondary N) is 1. The normalized spacial score (nSPS) is 16.8. The molecular weight excluding hydrogens is 622 g/mol. The SMILES string of the molecule is COc1ccc(N2CCN(c3ccc(C4(c5ccccc5)C=Cc5ccc6cc(C(=O)Nc7ccccc7)c(O)cc6c5O4)cc3)CC2)cc1. The lowest BCUT2D eigenvalue weighted by atomic mass is 9.83. The van der Waals surface area contributed by atoms with E-state index < -0.39 is 5.60 Å². The van der Waals surface area contributed by atoms with Gasteiger partial charge in [0, 0.05) is 65.3 Å². The van der Waals surface area contributed by atoms with Crippen LogP contribution in [0.2, 0.25) is 0 Å². The van der Waals surface area contributed by atoms with Gasteiger partial charge in [-0.15, -0.1) is 0 Å². The molecule has 0 bridgehead atoms. The highest BCUT2D eigenvalue weighted by Gasteiger charge is 2.38. The number of rotatable bonds is 7. The average Bonchev–Trinajstić information content (AvgIpc) is 3.18. The minimum absolute atomic E-state index is 0.112. The van der Waals surface area contributed by atoms with E-state index in [9.17, 15) is 9.90 Å². The number of aromatic hydroxyl groups is 1. The summed E-state index contributed by atoms with van der Waals surface area (Å²) in [6.45, 7) is 3.69. The first-order valence-electron chi connectivity index (χ1n) is 16.9. The van der Waals surface area contributed by atoms with Gasteiger partial charge in [-0.3, -0.25) is 4.79 Å². The molecule has 0 radical (unpaired) electrons. The standard InChI is InChI=1S/C43H37N3O4/c1-49-37-20-18-36(19-21-37)46-26-24-45(25-27-46)35-16-14-33(15-17-35)43(32-8-4-2-5-9-32)23-22-30-12-13-31-28-39(40(47)29-38(31)41(30)50-43)42(48)44-34-10-6-3-7-11-34/h2-23,28-29,47H,24-27H2,1H3,(H,44,48). The minimum atomic E-state index is -0.910. The van der Waals surface area contributed by atoms with E-state index in [1.165, 1.54) is 11.4 Å². The quantitative estimate of drug-likeness (QED) is 0.179. The number of carbonyl (C=O) groups is 1. The molecule has 6 aromatic rings. The summed E-state index contributed by atoms with van der Waals surface area (Å²) in [5.41, 5.74) is 5.20. The molecule has 2 aliphatic heterocycles. The molecule has 2 aliphatic rings. The summed E-state index contributed by atoms with van der Waals surface area (Å²) in [5, 5.41) is 15.5. The Hall–Kier alpha value is -6.21. The molecule has 1 saturated heterocycles. The van der Waals surface area contributed by atoms with E-state index in [0.717, 1.165) is 59.4 Å². The van der Waals surface area contributed by atoms with Crippen molar-refractivity contribution in [2.75, 3.05) is 48.4 Å². The third kappa shape index (κ3) is 5.77. The monoisotopic (exact) mass is 659 g/mol. The first kappa shape index (κ1) is 31.1. The number of fused-ring (bicyclic) bond motifs is 3. The predicted molar refractivity (Wildman–Crippen MR) is 201 cm³/mol. The summed E-state index contributed by atoms with van der Waals surface area (Å²) in [6.07, 6.45) is 4.20. The van der Waals surface area contributed by atoms with Crippen molar-refractivity contribution in [1.29, 1.82) is 0 Å². The van der Waals surface area contributed by atoms with Gasteiger partial charge < -0.3 is 29.7 Å². The minimum Gasteiger partial charge on any atom is -0.507 e. The van der Waals surface area contributed by atoms with Gasteiger partial charge in [0.15, 0.2) is 5.60 Å². The topological polar surface area (TPSA) is 74.3 Å². The van der Waals surface area contributed by atoms with Crippen LogP contribution in [0.15, 0.2) is 140 Å². The van der Waals surface area contributed by atoms with E-state index in [2.05, 4.69) is 75.8 Å². The van der Waals surface area contributed by atoms with Crippen molar-refractivity contribution in [2.45, 2.75) is 5.60 Å². The second kappa shape index (κ2) is 13.0. The number of anilines is 3. The highest BCUT2D eigenvalue weighted by molar-refractivity contribution is 6.09. The van der Waals surface area contributed by atoms with Crippen LogP contribution in [-0.4, -0.2) is 44.3 Å². The molecule has 0 spiro atoms. The molecule has 0 saturated carbocycles. The van der Waals surface area contributed by atoms with Crippen molar-refractivity contribution >= 4 is 39.8 Å². The van der Waals surface area contributed by atoms with Crippen LogP contribution in [0.4, 0.5) is 17.1 Å². The molecule has 50 heavy (non-hydrogen) atoms. The summed E-state index contributed by atoms with van der Waals surface area (Å²) in [6, 6.07) is 43.7. The Labute approximate surface area is 291 Å². The van der Waals surface area contributed by atoms with Crippen molar-refractivity contribution in [3.8, 4) is 17.2 Å². The van der Waals surface area contributed by atoms with Gasteiger partial charge in [-0.2, -0.15) is 0 Å². The number of carbonyl (C=O) groups excluding carboxylic acids is 1. The van der Waals surface area contributed by atoms with Crippen LogP contribution in [-0.2, 0) is 5.60 Å². The number of nitrogens with zero attached hydrogens (tertiary/aromatic N) is 2. The Bertz CT molecular complexity index is 2180. The Balaban J connectivity index is 1.08. The molecule has 0 aliphatic carbocycles. The Morgan fingerprint density at radius 3 is 1.98 bits per heavy atom. The molecule has 1 atom stereocenters. The maximum absolute atomic E-state index is 13.2. The van der Waals surface area contributed by atoms with Gasteiger partial charge in [-0.1, -0.05) is 78.9 Å². The molecule has 1 amide bonds. The zero-order valence-electron chi connectivity index (χ0n) is 27.8. The summed E-state index contributed by atoms with van der Waals surface area (Å²) in [4.78, 5) is 18.0. The highest BCUT2D eigenvalue weighted by Crippen LogP contribution is 2.46. The van der Waals surface area contributed by atoms with E-state index in [-0.39, 0.29) is 17.2 Å². The maximum atomic E-state index is 13.2. The number of phenols is 1. The summed E-state index contributed by atoms with van der Waals surface area (Å²) in [7, 11) is 1.69. The highest BCUT2D eigenvalue weighted by atomic mass is 16.5. The predicted octanol–water partition coefficient (Wildman–Crippen LogP) is 8.48. The van der Waals surface area contributed by atoms with Crippen LogP contribution in [0.5, 0.6) is 17.2 Å². The lowest BCUT2D eigenvalue weighted by molar-refractivity contribution is 0.102. The third-order valence-electron chi connectivity index (χ3n) is 9.74. The van der Waals surface area contributed by atoms with Gasteiger partial charge in [-0.25, -0.2) is 0 Å². The lowest BCUT2D eigenvalue weighted by Gasteiger charge is -2.38.